The number of sulfonamides is 1. The highest BCUT2D eigenvalue weighted by Gasteiger charge is 2.25. The molecule has 0 unspecified atom stereocenters. The smallest absolute Gasteiger partial charge is 0.238 e. The van der Waals surface area contributed by atoms with E-state index in [0.29, 0.717) is 28.5 Å². The monoisotopic (exact) mass is 344 g/mol. The lowest BCUT2D eigenvalue weighted by Gasteiger charge is -2.16. The van der Waals surface area contributed by atoms with E-state index in [9.17, 15) is 8.42 Å². The Labute approximate surface area is 134 Å². The predicted molar refractivity (Wildman–Crippen MR) is 84.8 cm³/mol. The molecule has 0 amide bonds. The van der Waals surface area contributed by atoms with Crippen molar-refractivity contribution in [1.82, 2.24) is 5.16 Å². The van der Waals surface area contributed by atoms with Gasteiger partial charge < -0.3 is 9.26 Å². The lowest BCUT2D eigenvalue weighted by molar-refractivity contribution is 0.138. The summed E-state index contributed by atoms with van der Waals surface area (Å²) >= 11 is 5.95. The topological polar surface area (TPSA) is 72.6 Å². The van der Waals surface area contributed by atoms with Crippen molar-refractivity contribution < 1.29 is 17.7 Å². The fraction of sp³-hybridized carbons (Fsp3) is 0.500. The molecule has 3 rings (SSSR count). The van der Waals surface area contributed by atoms with Crippen LogP contribution in [-0.2, 0) is 14.8 Å². The SMILES string of the molecule is CN(c1noc2ccc(Cl)cc12)S(=O)(=O)CCOCC1CC1. The van der Waals surface area contributed by atoms with Gasteiger partial charge in [0.1, 0.15) is 0 Å². The Morgan fingerprint density at radius 3 is 2.95 bits per heavy atom. The summed E-state index contributed by atoms with van der Waals surface area (Å²) in [6, 6.07) is 4.96. The van der Waals surface area contributed by atoms with E-state index < -0.39 is 10.0 Å². The number of benzene rings is 1. The van der Waals surface area contributed by atoms with Crippen molar-refractivity contribution >= 4 is 38.4 Å². The molecule has 1 fully saturated rings. The van der Waals surface area contributed by atoms with Gasteiger partial charge in [-0.25, -0.2) is 8.42 Å². The average molecular weight is 345 g/mol. The summed E-state index contributed by atoms with van der Waals surface area (Å²) in [5.41, 5.74) is 0.492. The van der Waals surface area contributed by atoms with Crippen molar-refractivity contribution in [1.29, 1.82) is 0 Å². The molecule has 8 heteroatoms. The van der Waals surface area contributed by atoms with E-state index >= 15 is 0 Å². The van der Waals surface area contributed by atoms with E-state index in [2.05, 4.69) is 5.16 Å². The van der Waals surface area contributed by atoms with Crippen molar-refractivity contribution in [3.05, 3.63) is 23.2 Å². The molecule has 120 valence electrons. The Balaban J connectivity index is 1.72. The zero-order valence-electron chi connectivity index (χ0n) is 12.2. The van der Waals surface area contributed by atoms with Crippen LogP contribution < -0.4 is 4.31 Å². The lowest BCUT2D eigenvalue weighted by atomic mass is 10.2. The van der Waals surface area contributed by atoms with Crippen LogP contribution in [0.2, 0.25) is 5.02 Å². The minimum Gasteiger partial charge on any atom is -0.380 e. The number of fused-ring (bicyclic) bond motifs is 1. The zero-order chi connectivity index (χ0) is 15.7. The van der Waals surface area contributed by atoms with Gasteiger partial charge in [0.15, 0.2) is 11.4 Å². The third-order valence-corrected chi connectivity index (χ3v) is 5.59. The molecule has 22 heavy (non-hydrogen) atoms. The second-order valence-electron chi connectivity index (χ2n) is 5.45. The highest BCUT2D eigenvalue weighted by atomic mass is 35.5. The van der Waals surface area contributed by atoms with Crippen LogP contribution in [0.1, 0.15) is 12.8 Å². The summed E-state index contributed by atoms with van der Waals surface area (Å²) in [5.74, 6) is 0.757. The number of halogens is 1. The minimum absolute atomic E-state index is 0.0921. The Hall–Kier alpha value is -1.31. The van der Waals surface area contributed by atoms with Gasteiger partial charge in [0.25, 0.3) is 0 Å². The zero-order valence-corrected chi connectivity index (χ0v) is 13.7. The molecule has 0 radical (unpaired) electrons. The normalized spacial score (nSPS) is 15.4. The maximum atomic E-state index is 12.3. The van der Waals surface area contributed by atoms with Crippen LogP contribution in [-0.4, -0.2) is 39.6 Å². The van der Waals surface area contributed by atoms with Gasteiger partial charge in [-0.2, -0.15) is 0 Å². The molecule has 1 aromatic heterocycles. The summed E-state index contributed by atoms with van der Waals surface area (Å²) in [7, 11) is -2.07. The molecule has 1 saturated carbocycles. The van der Waals surface area contributed by atoms with E-state index in [-0.39, 0.29) is 18.2 Å². The fourth-order valence-corrected chi connectivity index (χ4v) is 3.26. The third-order valence-electron chi connectivity index (χ3n) is 3.66. The lowest BCUT2D eigenvalue weighted by Crippen LogP contribution is -2.31. The van der Waals surface area contributed by atoms with Gasteiger partial charge in [-0.3, -0.25) is 4.31 Å². The number of nitrogens with zero attached hydrogens (tertiary/aromatic N) is 2. The van der Waals surface area contributed by atoms with Gasteiger partial charge in [-0.05, 0) is 37.0 Å². The summed E-state index contributed by atoms with van der Waals surface area (Å²) < 4.78 is 36.4. The first-order valence-electron chi connectivity index (χ1n) is 7.06. The standard InChI is InChI=1S/C14H17ClN2O4S/c1-17(22(18,19)7-6-20-9-10-2-3-10)14-12-8-11(15)4-5-13(12)21-16-14/h4-5,8,10H,2-3,6-7,9H2,1H3. The van der Waals surface area contributed by atoms with Gasteiger partial charge in [0.2, 0.25) is 10.0 Å². The number of rotatable bonds is 7. The van der Waals surface area contributed by atoms with Crippen LogP contribution in [0, 0.1) is 5.92 Å². The summed E-state index contributed by atoms with van der Waals surface area (Å²) in [6.07, 6.45) is 2.36. The van der Waals surface area contributed by atoms with E-state index in [0.717, 1.165) is 4.31 Å². The first kappa shape index (κ1) is 15.6. The van der Waals surface area contributed by atoms with Crippen LogP contribution in [0.15, 0.2) is 22.7 Å². The van der Waals surface area contributed by atoms with Crippen molar-refractivity contribution in [3.8, 4) is 0 Å². The second kappa shape index (κ2) is 6.06. The van der Waals surface area contributed by atoms with E-state index in [1.807, 2.05) is 0 Å². The van der Waals surface area contributed by atoms with Crippen molar-refractivity contribution in [2.75, 3.05) is 30.3 Å². The molecule has 1 aliphatic rings. The Bertz CT molecular complexity index is 770. The molecule has 2 aromatic rings. The van der Waals surface area contributed by atoms with Crippen molar-refractivity contribution in [2.24, 2.45) is 5.92 Å². The first-order valence-corrected chi connectivity index (χ1v) is 9.05. The van der Waals surface area contributed by atoms with Crippen LogP contribution in [0.25, 0.3) is 11.0 Å². The quantitative estimate of drug-likeness (QED) is 0.722. The molecule has 0 aliphatic heterocycles. The molecular weight excluding hydrogens is 328 g/mol. The number of ether oxygens (including phenoxy) is 1. The number of aromatic nitrogens is 1. The van der Waals surface area contributed by atoms with Crippen molar-refractivity contribution in [2.45, 2.75) is 12.8 Å². The second-order valence-corrected chi connectivity index (χ2v) is 8.00. The molecule has 0 atom stereocenters. The molecule has 0 bridgehead atoms. The third kappa shape index (κ3) is 3.37. The minimum atomic E-state index is -3.52. The summed E-state index contributed by atoms with van der Waals surface area (Å²) in [6.45, 7) is 0.821. The molecule has 1 heterocycles. The van der Waals surface area contributed by atoms with Crippen molar-refractivity contribution in [3.63, 3.8) is 0 Å². The molecule has 0 saturated heterocycles. The first-order chi connectivity index (χ1) is 10.5. The molecular formula is C14H17ClN2O4S. The predicted octanol–water partition coefficient (Wildman–Crippen LogP) is 2.67. The molecule has 0 spiro atoms. The largest absolute Gasteiger partial charge is 0.380 e. The molecule has 0 N–H and O–H groups in total. The molecule has 1 aliphatic carbocycles. The average Bonchev–Trinajstić information content (AvgIpc) is 3.21. The van der Waals surface area contributed by atoms with Gasteiger partial charge in [-0.15, -0.1) is 0 Å². The highest BCUT2D eigenvalue weighted by molar-refractivity contribution is 7.92. The fourth-order valence-electron chi connectivity index (χ4n) is 2.09. The van der Waals surface area contributed by atoms with E-state index in [1.54, 1.807) is 18.2 Å². The van der Waals surface area contributed by atoms with Gasteiger partial charge in [0.05, 0.1) is 17.7 Å². The van der Waals surface area contributed by atoms with Gasteiger partial charge in [-0.1, -0.05) is 16.8 Å². The molecule has 6 nitrogen and oxygen atoms in total. The van der Waals surface area contributed by atoms with E-state index in [4.69, 9.17) is 20.9 Å². The van der Waals surface area contributed by atoms with Crippen LogP contribution in [0.5, 0.6) is 0 Å². The maximum absolute atomic E-state index is 12.3. The number of hydrogen-bond acceptors (Lipinski definition) is 5. The summed E-state index contributed by atoms with van der Waals surface area (Å²) in [5, 5.41) is 4.90. The van der Waals surface area contributed by atoms with Crippen LogP contribution >= 0.6 is 11.6 Å². The Morgan fingerprint density at radius 1 is 1.45 bits per heavy atom. The Morgan fingerprint density at radius 2 is 2.23 bits per heavy atom. The molecule has 1 aromatic carbocycles. The van der Waals surface area contributed by atoms with Crippen LogP contribution in [0.4, 0.5) is 5.82 Å². The highest BCUT2D eigenvalue weighted by Crippen LogP contribution is 2.30. The van der Waals surface area contributed by atoms with Gasteiger partial charge >= 0.3 is 0 Å². The van der Waals surface area contributed by atoms with Gasteiger partial charge in [0, 0.05) is 18.7 Å². The van der Waals surface area contributed by atoms with E-state index in [1.165, 1.54) is 19.9 Å². The Kier molecular flexibility index (Phi) is 4.29. The number of hydrogen-bond donors (Lipinski definition) is 0. The maximum Gasteiger partial charge on any atom is 0.238 e. The van der Waals surface area contributed by atoms with Crippen LogP contribution in [0.3, 0.4) is 0 Å². The number of anilines is 1. The summed E-state index contributed by atoms with van der Waals surface area (Å²) in [4.78, 5) is 0.